The van der Waals surface area contributed by atoms with Crippen LogP contribution < -0.4 is 5.32 Å². The monoisotopic (exact) mass is 350 g/mol. The molecule has 2 aromatic carbocycles. The van der Waals surface area contributed by atoms with Crippen molar-refractivity contribution < 1.29 is 4.79 Å². The topological polar surface area (TPSA) is 32.3 Å². The van der Waals surface area contributed by atoms with Gasteiger partial charge in [-0.05, 0) is 34.9 Å². The van der Waals surface area contributed by atoms with Crippen LogP contribution in [0.3, 0.4) is 0 Å². The van der Waals surface area contributed by atoms with Crippen molar-refractivity contribution in [2.45, 2.75) is 26.7 Å². The summed E-state index contributed by atoms with van der Waals surface area (Å²) in [6, 6.07) is 18.6. The molecule has 26 heavy (non-hydrogen) atoms. The molecule has 0 aromatic heterocycles. The first kappa shape index (κ1) is 18.7. The minimum Gasteiger partial charge on any atom is -0.355 e. The fourth-order valence-electron chi connectivity index (χ4n) is 4.02. The Kier molecular flexibility index (Phi) is 6.45. The third kappa shape index (κ3) is 5.43. The first-order chi connectivity index (χ1) is 12.6. The molecule has 1 heterocycles. The summed E-state index contributed by atoms with van der Waals surface area (Å²) >= 11 is 0. The number of hydrogen-bond donors (Lipinski definition) is 1. The van der Waals surface area contributed by atoms with Crippen molar-refractivity contribution in [1.82, 2.24) is 10.2 Å². The Morgan fingerprint density at radius 1 is 0.962 bits per heavy atom. The van der Waals surface area contributed by atoms with Crippen molar-refractivity contribution in [2.75, 3.05) is 26.2 Å². The highest BCUT2D eigenvalue weighted by Gasteiger charge is 2.21. The van der Waals surface area contributed by atoms with Crippen LogP contribution in [-0.4, -0.2) is 37.0 Å². The minimum atomic E-state index is 0.107. The summed E-state index contributed by atoms with van der Waals surface area (Å²) in [7, 11) is 0. The van der Waals surface area contributed by atoms with Gasteiger partial charge in [0.05, 0.1) is 6.42 Å². The van der Waals surface area contributed by atoms with Crippen LogP contribution in [0.2, 0.25) is 0 Å². The number of carbonyl (C=O) groups excluding carboxylic acids is 1. The molecule has 0 aliphatic carbocycles. The normalized spacial score (nSPS) is 20.7. The smallest absolute Gasteiger partial charge is 0.224 e. The van der Waals surface area contributed by atoms with Crippen molar-refractivity contribution >= 4 is 5.91 Å². The molecule has 3 nitrogen and oxygen atoms in total. The summed E-state index contributed by atoms with van der Waals surface area (Å²) in [5.74, 6) is 1.63. The van der Waals surface area contributed by atoms with E-state index in [0.29, 0.717) is 6.42 Å². The van der Waals surface area contributed by atoms with Gasteiger partial charge < -0.3 is 10.2 Å². The van der Waals surface area contributed by atoms with Crippen molar-refractivity contribution in [3.8, 4) is 11.1 Å². The molecule has 138 valence electrons. The molecule has 1 aliphatic rings. The molecule has 0 spiro atoms. The van der Waals surface area contributed by atoms with Gasteiger partial charge in [0.25, 0.3) is 0 Å². The Labute approximate surface area is 157 Å². The predicted molar refractivity (Wildman–Crippen MR) is 108 cm³/mol. The molecule has 2 aromatic rings. The first-order valence-corrected chi connectivity index (χ1v) is 9.73. The number of hydrogen-bond acceptors (Lipinski definition) is 2. The largest absolute Gasteiger partial charge is 0.355 e. The molecule has 2 atom stereocenters. The van der Waals surface area contributed by atoms with E-state index in [9.17, 15) is 4.79 Å². The average molecular weight is 351 g/mol. The lowest BCUT2D eigenvalue weighted by Gasteiger charge is -2.34. The lowest BCUT2D eigenvalue weighted by molar-refractivity contribution is -0.120. The molecule has 3 rings (SSSR count). The second-order valence-corrected chi connectivity index (χ2v) is 7.80. The quantitative estimate of drug-likeness (QED) is 0.854. The molecule has 1 fully saturated rings. The maximum absolute atomic E-state index is 12.2. The average Bonchev–Trinajstić information content (AvgIpc) is 2.62. The van der Waals surface area contributed by atoms with Gasteiger partial charge in [0.15, 0.2) is 0 Å². The van der Waals surface area contributed by atoms with Crippen molar-refractivity contribution in [3.05, 3.63) is 60.2 Å². The standard InChI is InChI=1S/C23H30N2O/c1-18-14-19(2)17-25(16-18)13-12-24-23(26)15-20-8-10-22(11-9-20)21-6-4-3-5-7-21/h3-11,18-19H,12-17H2,1-2H3,(H,24,26)/t18-,19-/m1/s1. The molecule has 1 N–H and O–H groups in total. The molecular weight excluding hydrogens is 320 g/mol. The maximum Gasteiger partial charge on any atom is 0.224 e. The molecule has 0 bridgehead atoms. The number of nitrogens with one attached hydrogen (secondary N) is 1. The molecule has 1 saturated heterocycles. The zero-order valence-corrected chi connectivity index (χ0v) is 15.9. The zero-order chi connectivity index (χ0) is 18.4. The lowest BCUT2D eigenvalue weighted by Crippen LogP contribution is -2.43. The van der Waals surface area contributed by atoms with E-state index < -0.39 is 0 Å². The van der Waals surface area contributed by atoms with Crippen LogP contribution in [0.4, 0.5) is 0 Å². The van der Waals surface area contributed by atoms with Gasteiger partial charge in [0.1, 0.15) is 0 Å². The molecule has 0 saturated carbocycles. The van der Waals surface area contributed by atoms with Crippen molar-refractivity contribution in [1.29, 1.82) is 0 Å². The fourth-order valence-corrected chi connectivity index (χ4v) is 4.02. The second-order valence-electron chi connectivity index (χ2n) is 7.80. The zero-order valence-electron chi connectivity index (χ0n) is 15.9. The van der Waals surface area contributed by atoms with Gasteiger partial charge in [-0.3, -0.25) is 4.79 Å². The number of benzene rings is 2. The van der Waals surface area contributed by atoms with Gasteiger partial charge in [-0.2, -0.15) is 0 Å². The van der Waals surface area contributed by atoms with E-state index in [4.69, 9.17) is 0 Å². The predicted octanol–water partition coefficient (Wildman–Crippen LogP) is 3.99. The van der Waals surface area contributed by atoms with E-state index in [1.807, 2.05) is 18.2 Å². The van der Waals surface area contributed by atoms with E-state index in [2.05, 4.69) is 60.5 Å². The molecular formula is C23H30N2O. The van der Waals surface area contributed by atoms with Crippen LogP contribution in [0.5, 0.6) is 0 Å². The van der Waals surface area contributed by atoms with Crippen molar-refractivity contribution in [3.63, 3.8) is 0 Å². The Bertz CT molecular complexity index is 686. The van der Waals surface area contributed by atoms with E-state index in [1.54, 1.807) is 0 Å². The second kappa shape index (κ2) is 9.00. The number of rotatable bonds is 6. The number of carbonyl (C=O) groups is 1. The highest BCUT2D eigenvalue weighted by Crippen LogP contribution is 2.20. The fraction of sp³-hybridized carbons (Fsp3) is 0.435. The molecule has 1 amide bonds. The van der Waals surface area contributed by atoms with E-state index >= 15 is 0 Å². The highest BCUT2D eigenvalue weighted by molar-refractivity contribution is 5.78. The number of nitrogens with zero attached hydrogens (tertiary/aromatic N) is 1. The SMILES string of the molecule is C[C@@H]1C[C@@H](C)CN(CCNC(=O)Cc2ccc(-c3ccccc3)cc2)C1. The first-order valence-electron chi connectivity index (χ1n) is 9.73. The van der Waals surface area contributed by atoms with Gasteiger partial charge in [0, 0.05) is 26.2 Å². The summed E-state index contributed by atoms with van der Waals surface area (Å²) in [6.07, 6.45) is 1.77. The summed E-state index contributed by atoms with van der Waals surface area (Å²) in [4.78, 5) is 14.7. The van der Waals surface area contributed by atoms with E-state index in [1.165, 1.54) is 17.5 Å². The number of piperidine rings is 1. The van der Waals surface area contributed by atoms with Gasteiger partial charge >= 0.3 is 0 Å². The van der Waals surface area contributed by atoms with Crippen LogP contribution >= 0.6 is 0 Å². The maximum atomic E-state index is 12.2. The highest BCUT2D eigenvalue weighted by atomic mass is 16.1. The van der Waals surface area contributed by atoms with E-state index in [-0.39, 0.29) is 5.91 Å². The summed E-state index contributed by atoms with van der Waals surface area (Å²) in [5, 5.41) is 3.07. The van der Waals surface area contributed by atoms with Crippen LogP contribution in [0.1, 0.15) is 25.8 Å². The Balaban J connectivity index is 1.43. The third-order valence-electron chi connectivity index (χ3n) is 5.12. The van der Waals surface area contributed by atoms with Gasteiger partial charge in [-0.1, -0.05) is 68.4 Å². The molecule has 0 unspecified atom stereocenters. The summed E-state index contributed by atoms with van der Waals surface area (Å²) < 4.78 is 0. The summed E-state index contributed by atoms with van der Waals surface area (Å²) in [5.41, 5.74) is 3.44. The van der Waals surface area contributed by atoms with Crippen LogP contribution in [0.25, 0.3) is 11.1 Å². The number of likely N-dealkylation sites (tertiary alicyclic amines) is 1. The van der Waals surface area contributed by atoms with Gasteiger partial charge in [-0.15, -0.1) is 0 Å². The van der Waals surface area contributed by atoms with Gasteiger partial charge in [0.2, 0.25) is 5.91 Å². The Hall–Kier alpha value is -2.13. The Morgan fingerprint density at radius 3 is 2.23 bits per heavy atom. The lowest BCUT2D eigenvalue weighted by atomic mass is 9.92. The molecule has 0 radical (unpaired) electrons. The minimum absolute atomic E-state index is 0.107. The van der Waals surface area contributed by atoms with Crippen LogP contribution in [0.15, 0.2) is 54.6 Å². The Morgan fingerprint density at radius 2 is 1.58 bits per heavy atom. The molecule has 3 heteroatoms. The van der Waals surface area contributed by atoms with Crippen LogP contribution in [-0.2, 0) is 11.2 Å². The van der Waals surface area contributed by atoms with Gasteiger partial charge in [-0.25, -0.2) is 0 Å². The van der Waals surface area contributed by atoms with E-state index in [0.717, 1.165) is 43.6 Å². The number of amides is 1. The third-order valence-corrected chi connectivity index (χ3v) is 5.12. The summed E-state index contributed by atoms with van der Waals surface area (Å²) in [6.45, 7) is 8.64. The van der Waals surface area contributed by atoms with Crippen molar-refractivity contribution in [2.24, 2.45) is 11.8 Å². The van der Waals surface area contributed by atoms with Crippen LogP contribution in [0, 0.1) is 11.8 Å². The molecule has 1 aliphatic heterocycles.